The van der Waals surface area contributed by atoms with Gasteiger partial charge in [-0.15, -0.1) is 0 Å². The van der Waals surface area contributed by atoms with Crippen LogP contribution in [-0.4, -0.2) is 24.8 Å². The number of ether oxygens (including phenoxy) is 1. The van der Waals surface area contributed by atoms with Crippen molar-refractivity contribution >= 4 is 11.6 Å². The highest BCUT2D eigenvalue weighted by Crippen LogP contribution is 2.19. The molecule has 1 heterocycles. The molecular weight excluding hydrogens is 258 g/mol. The molecule has 3 atom stereocenters. The molecule has 2 rings (SSSR count). The summed E-state index contributed by atoms with van der Waals surface area (Å²) in [5.41, 5.74) is 1.23. The Kier molecular flexibility index (Phi) is 5.68. The van der Waals surface area contributed by atoms with E-state index in [1.807, 2.05) is 12.1 Å². The second-order valence-electron chi connectivity index (χ2n) is 5.49. The molecular formula is C16H24ClNO. The van der Waals surface area contributed by atoms with E-state index in [0.717, 1.165) is 37.3 Å². The van der Waals surface area contributed by atoms with E-state index in [4.69, 9.17) is 16.3 Å². The van der Waals surface area contributed by atoms with Crippen molar-refractivity contribution < 1.29 is 4.74 Å². The van der Waals surface area contributed by atoms with Crippen LogP contribution < -0.4 is 5.32 Å². The van der Waals surface area contributed by atoms with Gasteiger partial charge in [0.2, 0.25) is 0 Å². The summed E-state index contributed by atoms with van der Waals surface area (Å²) < 4.78 is 5.72. The fourth-order valence-electron chi connectivity index (χ4n) is 2.77. The van der Waals surface area contributed by atoms with E-state index < -0.39 is 0 Å². The number of benzene rings is 1. The molecule has 1 aliphatic heterocycles. The van der Waals surface area contributed by atoms with Gasteiger partial charge in [-0.05, 0) is 44.2 Å². The van der Waals surface area contributed by atoms with Crippen LogP contribution in [0.15, 0.2) is 24.3 Å². The monoisotopic (exact) mass is 281 g/mol. The molecule has 1 aromatic carbocycles. The Bertz CT molecular complexity index is 396. The maximum Gasteiger partial charge on any atom is 0.0587 e. The highest BCUT2D eigenvalue weighted by atomic mass is 35.5. The Labute approximate surface area is 121 Å². The molecule has 3 unspecified atom stereocenters. The maximum absolute atomic E-state index is 6.21. The van der Waals surface area contributed by atoms with Crippen molar-refractivity contribution in [1.82, 2.24) is 5.32 Å². The van der Waals surface area contributed by atoms with Gasteiger partial charge in [0.05, 0.1) is 6.10 Å². The fourth-order valence-corrected chi connectivity index (χ4v) is 2.98. The Morgan fingerprint density at radius 1 is 1.42 bits per heavy atom. The van der Waals surface area contributed by atoms with Crippen LogP contribution in [0.4, 0.5) is 0 Å². The zero-order valence-corrected chi connectivity index (χ0v) is 12.6. The topological polar surface area (TPSA) is 21.3 Å². The second-order valence-corrected chi connectivity index (χ2v) is 5.89. The first-order valence-corrected chi connectivity index (χ1v) is 7.68. The number of halogens is 1. The molecule has 2 nitrogen and oxygen atoms in total. The number of hydrogen-bond donors (Lipinski definition) is 1. The molecule has 1 aromatic rings. The molecule has 1 N–H and O–H groups in total. The van der Waals surface area contributed by atoms with Crippen LogP contribution in [-0.2, 0) is 11.2 Å². The van der Waals surface area contributed by atoms with E-state index in [0.29, 0.717) is 18.2 Å². The van der Waals surface area contributed by atoms with Crippen molar-refractivity contribution in [1.29, 1.82) is 0 Å². The number of nitrogens with one attached hydrogen (secondary N) is 1. The molecule has 0 amide bonds. The first-order valence-electron chi connectivity index (χ1n) is 7.30. The molecule has 1 saturated heterocycles. The molecule has 0 radical (unpaired) electrons. The Morgan fingerprint density at radius 2 is 2.21 bits per heavy atom. The van der Waals surface area contributed by atoms with E-state index in [1.54, 1.807) is 0 Å². The number of hydrogen-bond acceptors (Lipinski definition) is 2. The summed E-state index contributed by atoms with van der Waals surface area (Å²) in [5.74, 6) is 0. The zero-order chi connectivity index (χ0) is 13.7. The predicted molar refractivity (Wildman–Crippen MR) is 80.8 cm³/mol. The summed E-state index contributed by atoms with van der Waals surface area (Å²) in [4.78, 5) is 0. The molecule has 0 bridgehead atoms. The van der Waals surface area contributed by atoms with Crippen LogP contribution in [0.25, 0.3) is 0 Å². The lowest BCUT2D eigenvalue weighted by Gasteiger charge is -2.31. The molecule has 0 saturated carbocycles. The van der Waals surface area contributed by atoms with Crippen molar-refractivity contribution in [2.75, 3.05) is 6.61 Å². The van der Waals surface area contributed by atoms with Crippen molar-refractivity contribution in [3.8, 4) is 0 Å². The summed E-state index contributed by atoms with van der Waals surface area (Å²) in [6, 6.07) is 9.13. The minimum Gasteiger partial charge on any atom is -0.378 e. The largest absolute Gasteiger partial charge is 0.378 e. The third-order valence-electron chi connectivity index (χ3n) is 3.83. The quantitative estimate of drug-likeness (QED) is 0.886. The lowest BCUT2D eigenvalue weighted by atomic mass is 9.99. The van der Waals surface area contributed by atoms with Crippen molar-refractivity contribution in [3.05, 3.63) is 34.9 Å². The van der Waals surface area contributed by atoms with Crippen LogP contribution in [0.3, 0.4) is 0 Å². The van der Waals surface area contributed by atoms with Crippen LogP contribution in [0, 0.1) is 0 Å². The molecule has 0 aromatic heterocycles. The normalized spacial score (nSPS) is 25.2. The van der Waals surface area contributed by atoms with Crippen LogP contribution in [0.5, 0.6) is 0 Å². The zero-order valence-electron chi connectivity index (χ0n) is 11.9. The van der Waals surface area contributed by atoms with Gasteiger partial charge in [-0.25, -0.2) is 0 Å². The van der Waals surface area contributed by atoms with Gasteiger partial charge in [-0.2, -0.15) is 0 Å². The summed E-state index contributed by atoms with van der Waals surface area (Å²) in [6.45, 7) is 5.31. The fraction of sp³-hybridized carbons (Fsp3) is 0.625. The lowest BCUT2D eigenvalue weighted by molar-refractivity contribution is -0.00158. The van der Waals surface area contributed by atoms with Crippen molar-refractivity contribution in [3.63, 3.8) is 0 Å². The smallest absolute Gasteiger partial charge is 0.0587 e. The molecule has 1 fully saturated rings. The highest BCUT2D eigenvalue weighted by Gasteiger charge is 2.22. The standard InChI is InChI=1S/C16H24ClNO/c1-3-15-11-14(8-9-19-15)18-12(2)10-13-6-4-5-7-16(13)17/h4-7,12,14-15,18H,3,8-11H2,1-2H3. The third kappa shape index (κ3) is 4.48. The Morgan fingerprint density at radius 3 is 2.95 bits per heavy atom. The van der Waals surface area contributed by atoms with Crippen molar-refractivity contribution in [2.45, 2.75) is 57.7 Å². The number of rotatable bonds is 5. The van der Waals surface area contributed by atoms with Gasteiger partial charge in [-0.1, -0.05) is 36.7 Å². The third-order valence-corrected chi connectivity index (χ3v) is 4.20. The van der Waals surface area contributed by atoms with Crippen LogP contribution >= 0.6 is 11.6 Å². The molecule has 19 heavy (non-hydrogen) atoms. The SMILES string of the molecule is CCC1CC(NC(C)Cc2ccccc2Cl)CCO1. The summed E-state index contributed by atoms with van der Waals surface area (Å²) in [5, 5.41) is 4.59. The van der Waals surface area contributed by atoms with Crippen LogP contribution in [0.2, 0.25) is 5.02 Å². The average molecular weight is 282 g/mol. The van der Waals surface area contributed by atoms with Gasteiger partial charge in [0, 0.05) is 23.7 Å². The molecule has 3 heteroatoms. The van der Waals surface area contributed by atoms with Gasteiger partial charge >= 0.3 is 0 Å². The summed E-state index contributed by atoms with van der Waals surface area (Å²) >= 11 is 6.21. The van der Waals surface area contributed by atoms with Crippen LogP contribution in [0.1, 0.15) is 38.7 Å². The minimum atomic E-state index is 0.429. The van der Waals surface area contributed by atoms with Gasteiger partial charge in [0.15, 0.2) is 0 Å². The Balaban J connectivity index is 1.84. The van der Waals surface area contributed by atoms with Gasteiger partial charge in [-0.3, -0.25) is 0 Å². The first kappa shape index (κ1) is 14.8. The van der Waals surface area contributed by atoms with Gasteiger partial charge in [0.1, 0.15) is 0 Å². The molecule has 106 valence electrons. The van der Waals surface area contributed by atoms with E-state index in [-0.39, 0.29) is 0 Å². The molecule has 0 spiro atoms. The first-order chi connectivity index (χ1) is 9.19. The van der Waals surface area contributed by atoms with E-state index in [2.05, 4.69) is 31.3 Å². The summed E-state index contributed by atoms with van der Waals surface area (Å²) in [6.07, 6.45) is 4.76. The maximum atomic E-state index is 6.21. The molecule has 1 aliphatic rings. The van der Waals surface area contributed by atoms with Gasteiger partial charge in [0.25, 0.3) is 0 Å². The Hall–Kier alpha value is -0.570. The lowest BCUT2D eigenvalue weighted by Crippen LogP contribution is -2.43. The average Bonchev–Trinajstić information content (AvgIpc) is 2.41. The van der Waals surface area contributed by atoms with E-state index >= 15 is 0 Å². The minimum absolute atomic E-state index is 0.429. The van der Waals surface area contributed by atoms with Crippen molar-refractivity contribution in [2.24, 2.45) is 0 Å². The summed E-state index contributed by atoms with van der Waals surface area (Å²) in [7, 11) is 0. The second kappa shape index (κ2) is 7.28. The van der Waals surface area contributed by atoms with Gasteiger partial charge < -0.3 is 10.1 Å². The highest BCUT2D eigenvalue weighted by molar-refractivity contribution is 6.31. The van der Waals surface area contributed by atoms with E-state index in [9.17, 15) is 0 Å². The predicted octanol–water partition coefficient (Wildman–Crippen LogP) is 3.82. The molecule has 0 aliphatic carbocycles. The van der Waals surface area contributed by atoms with E-state index in [1.165, 1.54) is 5.56 Å².